The molecule has 1 aromatic carbocycles. The van der Waals surface area contributed by atoms with Crippen molar-refractivity contribution in [1.29, 1.82) is 0 Å². The maximum atomic E-state index is 12.6. The number of sulfonamides is 1. The molecule has 0 aromatic heterocycles. The number of halogens is 1. The monoisotopic (exact) mass is 362 g/mol. The molecular formula is C15H23ClN2O4S. The van der Waals surface area contributed by atoms with Gasteiger partial charge in [-0.05, 0) is 25.1 Å². The molecule has 0 heterocycles. The lowest BCUT2D eigenvalue weighted by Crippen LogP contribution is -2.30. The van der Waals surface area contributed by atoms with Crippen LogP contribution in [0.25, 0.3) is 0 Å². The van der Waals surface area contributed by atoms with Crippen molar-refractivity contribution in [1.82, 2.24) is 4.31 Å². The summed E-state index contributed by atoms with van der Waals surface area (Å²) in [6.07, 6.45) is 0.203. The summed E-state index contributed by atoms with van der Waals surface area (Å²) in [6, 6.07) is 4.42. The quantitative estimate of drug-likeness (QED) is 0.685. The van der Waals surface area contributed by atoms with Gasteiger partial charge < -0.3 is 10.1 Å². The van der Waals surface area contributed by atoms with Gasteiger partial charge in [0.1, 0.15) is 4.90 Å². The van der Waals surface area contributed by atoms with Crippen molar-refractivity contribution in [3.8, 4) is 0 Å². The molecule has 0 spiro atoms. The standard InChI is InChI=1S/C15H23ClN2O4S/c1-4-18(5-2)23(20,21)14-11-12(7-8-13(14)16)17-15(19)9-10-22-6-3/h7-8,11H,4-6,9-10H2,1-3H3,(H,17,19). The van der Waals surface area contributed by atoms with E-state index in [-0.39, 0.29) is 22.2 Å². The second-order valence-corrected chi connectivity index (χ2v) is 7.04. The maximum Gasteiger partial charge on any atom is 0.244 e. The highest BCUT2D eigenvalue weighted by atomic mass is 35.5. The Morgan fingerprint density at radius 3 is 2.48 bits per heavy atom. The average molecular weight is 363 g/mol. The Balaban J connectivity index is 2.98. The predicted molar refractivity (Wildman–Crippen MR) is 91.3 cm³/mol. The van der Waals surface area contributed by atoms with Gasteiger partial charge in [0.15, 0.2) is 0 Å². The maximum absolute atomic E-state index is 12.6. The van der Waals surface area contributed by atoms with Crippen LogP contribution in [0.1, 0.15) is 27.2 Å². The van der Waals surface area contributed by atoms with E-state index in [4.69, 9.17) is 16.3 Å². The smallest absolute Gasteiger partial charge is 0.244 e. The summed E-state index contributed by atoms with van der Waals surface area (Å²) in [7, 11) is -3.69. The normalized spacial score (nSPS) is 11.7. The highest BCUT2D eigenvalue weighted by Gasteiger charge is 2.24. The fraction of sp³-hybridized carbons (Fsp3) is 0.533. The minimum atomic E-state index is -3.69. The van der Waals surface area contributed by atoms with E-state index in [1.807, 2.05) is 6.92 Å². The van der Waals surface area contributed by atoms with Gasteiger partial charge in [-0.15, -0.1) is 0 Å². The highest BCUT2D eigenvalue weighted by molar-refractivity contribution is 7.89. The number of nitrogens with one attached hydrogen (secondary N) is 1. The van der Waals surface area contributed by atoms with Gasteiger partial charge in [0, 0.05) is 25.4 Å². The van der Waals surface area contributed by atoms with Gasteiger partial charge in [-0.2, -0.15) is 4.31 Å². The van der Waals surface area contributed by atoms with Crippen molar-refractivity contribution in [2.75, 3.05) is 31.6 Å². The molecule has 0 saturated carbocycles. The first-order valence-corrected chi connectivity index (χ1v) is 9.35. The van der Waals surface area contributed by atoms with Crippen molar-refractivity contribution < 1.29 is 17.9 Å². The SMILES string of the molecule is CCOCCC(=O)Nc1ccc(Cl)c(S(=O)(=O)N(CC)CC)c1. The van der Waals surface area contributed by atoms with Crippen LogP contribution in [-0.4, -0.2) is 44.9 Å². The van der Waals surface area contributed by atoms with Gasteiger partial charge in [0.25, 0.3) is 0 Å². The molecule has 0 aliphatic carbocycles. The minimum absolute atomic E-state index is 0.00882. The molecule has 1 aromatic rings. The Morgan fingerprint density at radius 1 is 1.26 bits per heavy atom. The van der Waals surface area contributed by atoms with Crippen LogP contribution in [0.15, 0.2) is 23.1 Å². The lowest BCUT2D eigenvalue weighted by molar-refractivity contribution is -0.117. The first kappa shape index (κ1) is 19.9. The molecule has 6 nitrogen and oxygen atoms in total. The van der Waals surface area contributed by atoms with Crippen molar-refractivity contribution in [2.45, 2.75) is 32.1 Å². The number of ether oxygens (including phenoxy) is 1. The first-order valence-electron chi connectivity index (χ1n) is 7.54. The number of amides is 1. The van der Waals surface area contributed by atoms with E-state index in [0.29, 0.717) is 32.0 Å². The van der Waals surface area contributed by atoms with Crippen LogP contribution in [0.3, 0.4) is 0 Å². The van der Waals surface area contributed by atoms with Crippen molar-refractivity contribution >= 4 is 33.2 Å². The molecule has 23 heavy (non-hydrogen) atoms. The zero-order valence-electron chi connectivity index (χ0n) is 13.6. The summed E-state index contributed by atoms with van der Waals surface area (Å²) in [6.45, 7) is 6.92. The van der Waals surface area contributed by atoms with Gasteiger partial charge in [0.05, 0.1) is 18.1 Å². The molecule has 0 radical (unpaired) electrons. The van der Waals surface area contributed by atoms with Crippen molar-refractivity contribution in [3.63, 3.8) is 0 Å². The second kappa shape index (κ2) is 9.22. The Labute approximate surface area is 142 Å². The summed E-state index contributed by atoms with van der Waals surface area (Å²) >= 11 is 6.04. The van der Waals surface area contributed by atoms with Gasteiger partial charge >= 0.3 is 0 Å². The molecule has 0 saturated heterocycles. The van der Waals surface area contributed by atoms with Gasteiger partial charge in [0.2, 0.25) is 15.9 Å². The number of rotatable bonds is 9. The fourth-order valence-electron chi connectivity index (χ4n) is 2.01. The summed E-state index contributed by atoms with van der Waals surface area (Å²) in [5.74, 6) is -0.244. The van der Waals surface area contributed by atoms with Crippen molar-refractivity contribution in [2.24, 2.45) is 0 Å². The largest absolute Gasteiger partial charge is 0.381 e. The van der Waals surface area contributed by atoms with Crippen LogP contribution in [0.4, 0.5) is 5.69 Å². The van der Waals surface area contributed by atoms with Gasteiger partial charge in [-0.1, -0.05) is 25.4 Å². The fourth-order valence-corrected chi connectivity index (χ4v) is 3.97. The Bertz CT molecular complexity index is 630. The molecule has 8 heteroatoms. The Morgan fingerprint density at radius 2 is 1.91 bits per heavy atom. The van der Waals surface area contributed by atoms with Crippen LogP contribution in [0, 0.1) is 0 Å². The van der Waals surface area contributed by atoms with E-state index in [9.17, 15) is 13.2 Å². The van der Waals surface area contributed by atoms with E-state index in [1.165, 1.54) is 16.4 Å². The molecule has 0 aliphatic heterocycles. The van der Waals surface area contributed by atoms with Crippen LogP contribution in [0.5, 0.6) is 0 Å². The van der Waals surface area contributed by atoms with Gasteiger partial charge in [-0.25, -0.2) is 8.42 Å². The molecule has 1 amide bonds. The molecule has 130 valence electrons. The lowest BCUT2D eigenvalue weighted by atomic mass is 10.3. The topological polar surface area (TPSA) is 75.7 Å². The number of nitrogens with zero attached hydrogens (tertiary/aromatic N) is 1. The minimum Gasteiger partial charge on any atom is -0.381 e. The lowest BCUT2D eigenvalue weighted by Gasteiger charge is -2.19. The molecule has 1 rings (SSSR count). The predicted octanol–water partition coefficient (Wildman–Crippen LogP) is 2.74. The third-order valence-electron chi connectivity index (χ3n) is 3.22. The number of anilines is 1. The molecule has 0 aliphatic rings. The van der Waals surface area contributed by atoms with Crippen LogP contribution < -0.4 is 5.32 Å². The van der Waals surface area contributed by atoms with E-state index in [1.54, 1.807) is 19.9 Å². The Kier molecular flexibility index (Phi) is 7.98. The summed E-state index contributed by atoms with van der Waals surface area (Å²) in [5, 5.41) is 2.78. The van der Waals surface area contributed by atoms with E-state index in [2.05, 4.69) is 5.32 Å². The third kappa shape index (κ3) is 5.46. The average Bonchev–Trinajstić information content (AvgIpc) is 2.50. The van der Waals surface area contributed by atoms with Crippen LogP contribution in [0.2, 0.25) is 5.02 Å². The van der Waals surface area contributed by atoms with Gasteiger partial charge in [-0.3, -0.25) is 4.79 Å². The molecule has 0 atom stereocenters. The zero-order chi connectivity index (χ0) is 17.5. The Hall–Kier alpha value is -1.15. The number of carbonyl (C=O) groups excluding carboxylic acids is 1. The van der Waals surface area contributed by atoms with Crippen molar-refractivity contribution in [3.05, 3.63) is 23.2 Å². The summed E-state index contributed by atoms with van der Waals surface area (Å²) < 4.78 is 31.6. The molecule has 1 N–H and O–H groups in total. The van der Waals surface area contributed by atoms with Crippen LogP contribution >= 0.6 is 11.6 Å². The number of carbonyl (C=O) groups is 1. The summed E-state index contributed by atoms with van der Waals surface area (Å²) in [5.41, 5.74) is 0.390. The molecule has 0 bridgehead atoms. The molecular weight excluding hydrogens is 340 g/mol. The number of hydrogen-bond donors (Lipinski definition) is 1. The number of benzene rings is 1. The summed E-state index contributed by atoms with van der Waals surface area (Å²) in [4.78, 5) is 11.8. The third-order valence-corrected chi connectivity index (χ3v) is 5.75. The molecule has 0 unspecified atom stereocenters. The highest BCUT2D eigenvalue weighted by Crippen LogP contribution is 2.27. The zero-order valence-corrected chi connectivity index (χ0v) is 15.2. The van der Waals surface area contributed by atoms with E-state index in [0.717, 1.165) is 0 Å². The van der Waals surface area contributed by atoms with Crippen LogP contribution in [-0.2, 0) is 19.6 Å². The first-order chi connectivity index (χ1) is 10.9. The second-order valence-electron chi connectivity index (χ2n) is 4.73. The number of hydrogen-bond acceptors (Lipinski definition) is 4. The van der Waals surface area contributed by atoms with E-state index >= 15 is 0 Å². The molecule has 0 fully saturated rings. The van der Waals surface area contributed by atoms with E-state index < -0.39 is 10.0 Å².